The minimum Gasteiger partial charge on any atom is -0.370 e. The van der Waals surface area contributed by atoms with Crippen molar-refractivity contribution in [1.82, 2.24) is 15.5 Å². The molecule has 1 N–H and O–H groups in total. The van der Waals surface area contributed by atoms with Gasteiger partial charge in [0.15, 0.2) is 0 Å². The molecule has 0 radical (unpaired) electrons. The molecular formula is C11H19N3O2. The number of aromatic nitrogens is 2. The highest BCUT2D eigenvalue weighted by Gasteiger charge is 2.36. The molecule has 1 aliphatic rings. The van der Waals surface area contributed by atoms with Gasteiger partial charge >= 0.3 is 0 Å². The third kappa shape index (κ3) is 2.41. The maximum atomic E-state index is 5.67. The summed E-state index contributed by atoms with van der Waals surface area (Å²) >= 11 is 0. The van der Waals surface area contributed by atoms with Crippen molar-refractivity contribution in [3.63, 3.8) is 0 Å². The number of nitrogens with zero attached hydrogens (tertiary/aromatic N) is 2. The summed E-state index contributed by atoms with van der Waals surface area (Å²) in [6.45, 7) is 4.67. The second kappa shape index (κ2) is 4.93. The van der Waals surface area contributed by atoms with Crippen LogP contribution in [0, 0.1) is 5.92 Å². The number of ether oxygens (including phenoxy) is 1. The van der Waals surface area contributed by atoms with Gasteiger partial charge in [-0.15, -0.1) is 0 Å². The fraction of sp³-hybridized carbons (Fsp3) is 0.818. The van der Waals surface area contributed by atoms with Crippen molar-refractivity contribution in [2.45, 2.75) is 38.8 Å². The van der Waals surface area contributed by atoms with Gasteiger partial charge in [0.25, 0.3) is 0 Å². The highest BCUT2D eigenvalue weighted by molar-refractivity contribution is 5.00. The van der Waals surface area contributed by atoms with Gasteiger partial charge in [-0.2, -0.15) is 4.98 Å². The summed E-state index contributed by atoms with van der Waals surface area (Å²) in [5.41, 5.74) is 0. The van der Waals surface area contributed by atoms with Gasteiger partial charge in [-0.1, -0.05) is 5.16 Å². The van der Waals surface area contributed by atoms with E-state index in [-0.39, 0.29) is 12.1 Å². The van der Waals surface area contributed by atoms with Crippen molar-refractivity contribution in [2.75, 3.05) is 13.7 Å². The van der Waals surface area contributed by atoms with Gasteiger partial charge in [-0.25, -0.2) is 0 Å². The fourth-order valence-corrected chi connectivity index (χ4v) is 1.66. The first kappa shape index (κ1) is 11.5. The van der Waals surface area contributed by atoms with Crippen LogP contribution in [0.5, 0.6) is 0 Å². The molecule has 5 nitrogen and oxygen atoms in total. The second-order valence-corrected chi connectivity index (χ2v) is 4.21. The molecule has 1 aromatic rings. The summed E-state index contributed by atoms with van der Waals surface area (Å²) in [6, 6.07) is 0.0859. The Labute approximate surface area is 95.6 Å². The zero-order valence-corrected chi connectivity index (χ0v) is 10.1. The first-order chi connectivity index (χ1) is 7.76. The van der Waals surface area contributed by atoms with Crippen molar-refractivity contribution in [3.8, 4) is 0 Å². The molecule has 5 heteroatoms. The predicted octanol–water partition coefficient (Wildman–Crippen LogP) is 1.84. The molecule has 2 unspecified atom stereocenters. The van der Waals surface area contributed by atoms with E-state index in [9.17, 15) is 0 Å². The maximum Gasteiger partial charge on any atom is 0.243 e. The zero-order chi connectivity index (χ0) is 11.5. The summed E-state index contributed by atoms with van der Waals surface area (Å²) in [6.07, 6.45) is 2.43. The molecule has 1 aromatic heterocycles. The van der Waals surface area contributed by atoms with Crippen molar-refractivity contribution >= 4 is 0 Å². The van der Waals surface area contributed by atoms with E-state index in [1.54, 1.807) is 0 Å². The fourth-order valence-electron chi connectivity index (χ4n) is 1.66. The van der Waals surface area contributed by atoms with Gasteiger partial charge in [0, 0.05) is 6.61 Å². The van der Waals surface area contributed by atoms with E-state index >= 15 is 0 Å². The zero-order valence-electron chi connectivity index (χ0n) is 10.1. The van der Waals surface area contributed by atoms with Crippen LogP contribution in [-0.2, 0) is 4.74 Å². The van der Waals surface area contributed by atoms with Gasteiger partial charge in [0.05, 0.1) is 6.04 Å². The van der Waals surface area contributed by atoms with Crippen LogP contribution < -0.4 is 5.32 Å². The van der Waals surface area contributed by atoms with Crippen LogP contribution in [0.25, 0.3) is 0 Å². The van der Waals surface area contributed by atoms with E-state index in [0.29, 0.717) is 24.2 Å². The Kier molecular flexibility index (Phi) is 3.56. The number of nitrogens with one attached hydrogen (secondary N) is 1. The summed E-state index contributed by atoms with van der Waals surface area (Å²) < 4.78 is 10.9. The van der Waals surface area contributed by atoms with E-state index in [1.807, 2.05) is 20.9 Å². The Morgan fingerprint density at radius 1 is 1.56 bits per heavy atom. The SMILES string of the molecule is CCOC(c1noc(C(C)NC)n1)C1CC1. The number of hydrogen-bond donors (Lipinski definition) is 1. The van der Waals surface area contributed by atoms with E-state index in [2.05, 4.69) is 15.5 Å². The largest absolute Gasteiger partial charge is 0.370 e. The molecule has 0 saturated heterocycles. The van der Waals surface area contributed by atoms with Crippen LogP contribution in [0.4, 0.5) is 0 Å². The minimum absolute atomic E-state index is 0.0200. The quantitative estimate of drug-likeness (QED) is 0.800. The lowest BCUT2D eigenvalue weighted by Gasteiger charge is -2.11. The first-order valence-electron chi connectivity index (χ1n) is 5.88. The van der Waals surface area contributed by atoms with Crippen LogP contribution >= 0.6 is 0 Å². The van der Waals surface area contributed by atoms with Crippen LogP contribution in [-0.4, -0.2) is 23.8 Å². The van der Waals surface area contributed by atoms with Crippen molar-refractivity contribution in [1.29, 1.82) is 0 Å². The minimum atomic E-state index is 0.0200. The molecule has 1 fully saturated rings. The highest BCUT2D eigenvalue weighted by Crippen LogP contribution is 2.42. The lowest BCUT2D eigenvalue weighted by Crippen LogP contribution is -2.13. The number of rotatable bonds is 6. The van der Waals surface area contributed by atoms with E-state index in [4.69, 9.17) is 9.26 Å². The highest BCUT2D eigenvalue weighted by atomic mass is 16.5. The van der Waals surface area contributed by atoms with Crippen LogP contribution in [0.2, 0.25) is 0 Å². The van der Waals surface area contributed by atoms with Gasteiger partial charge in [-0.05, 0) is 39.7 Å². The van der Waals surface area contributed by atoms with E-state index in [0.717, 1.165) is 0 Å². The van der Waals surface area contributed by atoms with Crippen LogP contribution in [0.3, 0.4) is 0 Å². The van der Waals surface area contributed by atoms with Crippen LogP contribution in [0.1, 0.15) is 50.6 Å². The normalized spacial score (nSPS) is 19.7. The van der Waals surface area contributed by atoms with E-state index < -0.39 is 0 Å². The monoisotopic (exact) mass is 225 g/mol. The molecule has 16 heavy (non-hydrogen) atoms. The van der Waals surface area contributed by atoms with Gasteiger partial charge < -0.3 is 14.6 Å². The molecule has 1 heterocycles. The maximum absolute atomic E-state index is 5.67. The molecule has 1 aliphatic carbocycles. The third-order valence-electron chi connectivity index (χ3n) is 2.91. The first-order valence-corrected chi connectivity index (χ1v) is 5.88. The molecule has 0 aromatic carbocycles. The Morgan fingerprint density at radius 3 is 2.88 bits per heavy atom. The van der Waals surface area contributed by atoms with Crippen molar-refractivity contribution < 1.29 is 9.26 Å². The molecule has 0 spiro atoms. The van der Waals surface area contributed by atoms with Gasteiger partial charge in [0.2, 0.25) is 11.7 Å². The Morgan fingerprint density at radius 2 is 2.31 bits per heavy atom. The standard InChI is InChI=1S/C11H19N3O2/c1-4-15-9(8-5-6-8)10-13-11(16-14-10)7(2)12-3/h7-9,12H,4-6H2,1-3H3. The average molecular weight is 225 g/mol. The molecule has 2 rings (SSSR count). The molecular weight excluding hydrogens is 206 g/mol. The van der Waals surface area contributed by atoms with Crippen LogP contribution in [0.15, 0.2) is 4.52 Å². The van der Waals surface area contributed by atoms with Crippen molar-refractivity contribution in [3.05, 3.63) is 11.7 Å². The summed E-state index contributed by atoms with van der Waals surface area (Å²) in [5, 5.41) is 7.09. The molecule has 1 saturated carbocycles. The Bertz CT molecular complexity index is 336. The smallest absolute Gasteiger partial charge is 0.243 e. The molecule has 0 bridgehead atoms. The molecule has 90 valence electrons. The average Bonchev–Trinajstić information content (AvgIpc) is 3.02. The van der Waals surface area contributed by atoms with Crippen molar-refractivity contribution in [2.24, 2.45) is 5.92 Å². The van der Waals surface area contributed by atoms with Gasteiger partial charge in [-0.3, -0.25) is 0 Å². The second-order valence-electron chi connectivity index (χ2n) is 4.21. The van der Waals surface area contributed by atoms with Gasteiger partial charge in [0.1, 0.15) is 6.10 Å². The predicted molar refractivity (Wildman–Crippen MR) is 58.9 cm³/mol. The lowest BCUT2D eigenvalue weighted by molar-refractivity contribution is 0.0384. The lowest BCUT2D eigenvalue weighted by atomic mass is 10.2. The summed E-state index contributed by atoms with van der Waals surface area (Å²) in [7, 11) is 1.87. The topological polar surface area (TPSA) is 60.2 Å². The Balaban J connectivity index is 2.09. The molecule has 2 atom stereocenters. The Hall–Kier alpha value is -0.940. The summed E-state index contributed by atoms with van der Waals surface area (Å²) in [4.78, 5) is 4.40. The molecule has 0 amide bonds. The van der Waals surface area contributed by atoms with E-state index in [1.165, 1.54) is 12.8 Å². The third-order valence-corrected chi connectivity index (χ3v) is 2.91. The summed E-state index contributed by atoms with van der Waals surface area (Å²) in [5.74, 6) is 1.90. The molecule has 0 aliphatic heterocycles. The number of hydrogen-bond acceptors (Lipinski definition) is 5.